The molecular formula is C22H25N3O3S. The molecule has 1 aromatic heterocycles. The molecule has 0 aliphatic heterocycles. The molecule has 3 rings (SSSR count). The molecule has 0 spiro atoms. The molecule has 0 radical (unpaired) electrons. The Labute approximate surface area is 174 Å². The standard InChI is InChI=1S/C22H25N3O3S/c1-3-28-15-9-14-25-21(27)18-12-7-8-13-19(18)24-22(25)29-16(2)20(26)23-17-10-5-4-6-11-17/h4-8,10-13,16H,3,9,14-15H2,1-2H3,(H,23,26)/t16-/m1/s1. The maximum Gasteiger partial charge on any atom is 0.262 e. The largest absolute Gasteiger partial charge is 0.382 e. The minimum Gasteiger partial charge on any atom is -0.382 e. The molecule has 0 aliphatic rings. The Morgan fingerprint density at radius 1 is 1.17 bits per heavy atom. The van der Waals surface area contributed by atoms with Gasteiger partial charge in [-0.25, -0.2) is 4.98 Å². The third kappa shape index (κ3) is 5.46. The summed E-state index contributed by atoms with van der Waals surface area (Å²) in [7, 11) is 0. The van der Waals surface area contributed by atoms with Crippen LogP contribution in [0.1, 0.15) is 20.3 Å². The molecule has 7 heteroatoms. The topological polar surface area (TPSA) is 73.2 Å². The molecule has 0 unspecified atom stereocenters. The van der Waals surface area contributed by atoms with Gasteiger partial charge in [-0.3, -0.25) is 14.2 Å². The highest BCUT2D eigenvalue weighted by Crippen LogP contribution is 2.24. The summed E-state index contributed by atoms with van der Waals surface area (Å²) < 4.78 is 7.05. The van der Waals surface area contributed by atoms with E-state index in [1.54, 1.807) is 10.6 Å². The van der Waals surface area contributed by atoms with Crippen molar-refractivity contribution >= 4 is 34.3 Å². The zero-order chi connectivity index (χ0) is 20.6. The molecule has 1 N–H and O–H groups in total. The third-order valence-electron chi connectivity index (χ3n) is 4.39. The predicted octanol–water partition coefficient (Wildman–Crippen LogP) is 3.94. The van der Waals surface area contributed by atoms with Gasteiger partial charge in [0, 0.05) is 25.4 Å². The van der Waals surface area contributed by atoms with Crippen molar-refractivity contribution in [3.8, 4) is 0 Å². The van der Waals surface area contributed by atoms with Crippen molar-refractivity contribution in [3.63, 3.8) is 0 Å². The van der Waals surface area contributed by atoms with E-state index in [0.717, 1.165) is 5.69 Å². The van der Waals surface area contributed by atoms with Crippen LogP contribution in [0.2, 0.25) is 0 Å². The van der Waals surface area contributed by atoms with Crippen molar-refractivity contribution in [1.82, 2.24) is 9.55 Å². The first-order valence-corrected chi connectivity index (χ1v) is 10.6. The first-order chi connectivity index (χ1) is 14.1. The van der Waals surface area contributed by atoms with Crippen LogP contribution in [0, 0.1) is 0 Å². The minimum atomic E-state index is -0.415. The summed E-state index contributed by atoms with van der Waals surface area (Å²) in [6.07, 6.45) is 0.700. The van der Waals surface area contributed by atoms with Crippen LogP contribution >= 0.6 is 11.8 Å². The van der Waals surface area contributed by atoms with E-state index in [1.807, 2.05) is 62.4 Å². The summed E-state index contributed by atoms with van der Waals surface area (Å²) >= 11 is 1.29. The van der Waals surface area contributed by atoms with Gasteiger partial charge in [0.2, 0.25) is 5.91 Å². The zero-order valence-corrected chi connectivity index (χ0v) is 17.4. The van der Waals surface area contributed by atoms with Gasteiger partial charge in [0.05, 0.1) is 16.2 Å². The van der Waals surface area contributed by atoms with Crippen LogP contribution in [0.4, 0.5) is 5.69 Å². The molecule has 0 bridgehead atoms. The normalized spacial score (nSPS) is 12.1. The molecule has 0 saturated heterocycles. The average Bonchev–Trinajstić information content (AvgIpc) is 2.73. The first kappa shape index (κ1) is 21.1. The molecule has 1 amide bonds. The minimum absolute atomic E-state index is 0.0923. The molecule has 0 saturated carbocycles. The summed E-state index contributed by atoms with van der Waals surface area (Å²) in [4.78, 5) is 30.3. The number of para-hydroxylation sites is 2. The first-order valence-electron chi connectivity index (χ1n) is 9.70. The Kier molecular flexibility index (Phi) is 7.43. The fraction of sp³-hybridized carbons (Fsp3) is 0.318. The Bertz CT molecular complexity index is 1020. The van der Waals surface area contributed by atoms with Crippen molar-refractivity contribution in [2.24, 2.45) is 0 Å². The van der Waals surface area contributed by atoms with Crippen molar-refractivity contribution in [1.29, 1.82) is 0 Å². The van der Waals surface area contributed by atoms with E-state index in [2.05, 4.69) is 10.3 Å². The SMILES string of the molecule is CCOCCCn1c(S[C@H](C)C(=O)Nc2ccccc2)nc2ccccc2c1=O. The van der Waals surface area contributed by atoms with Gasteiger partial charge in [0.1, 0.15) is 0 Å². The van der Waals surface area contributed by atoms with Crippen LogP contribution in [0.25, 0.3) is 10.9 Å². The van der Waals surface area contributed by atoms with E-state index in [1.165, 1.54) is 11.8 Å². The molecule has 1 heterocycles. The highest BCUT2D eigenvalue weighted by atomic mass is 32.2. The second-order valence-corrected chi connectivity index (χ2v) is 7.84. The average molecular weight is 412 g/mol. The van der Waals surface area contributed by atoms with Crippen molar-refractivity contribution in [2.75, 3.05) is 18.5 Å². The number of thioether (sulfide) groups is 1. The summed E-state index contributed by atoms with van der Waals surface area (Å²) in [5.41, 5.74) is 1.28. The van der Waals surface area contributed by atoms with Crippen molar-refractivity contribution in [2.45, 2.75) is 37.2 Å². The number of aromatic nitrogens is 2. The van der Waals surface area contributed by atoms with Crippen molar-refractivity contribution in [3.05, 3.63) is 65.0 Å². The third-order valence-corrected chi connectivity index (χ3v) is 5.48. The number of amides is 1. The Balaban J connectivity index is 1.84. The number of nitrogens with zero attached hydrogens (tertiary/aromatic N) is 2. The number of benzene rings is 2. The maximum absolute atomic E-state index is 13.0. The number of carbonyl (C=O) groups excluding carboxylic acids is 1. The fourth-order valence-electron chi connectivity index (χ4n) is 2.88. The number of carbonyl (C=O) groups is 1. The van der Waals surface area contributed by atoms with Gasteiger partial charge in [0.15, 0.2) is 5.16 Å². The number of hydrogen-bond acceptors (Lipinski definition) is 5. The fourth-order valence-corrected chi connectivity index (χ4v) is 3.82. The lowest BCUT2D eigenvalue weighted by atomic mass is 10.2. The Morgan fingerprint density at radius 3 is 2.66 bits per heavy atom. The van der Waals surface area contributed by atoms with Gasteiger partial charge >= 0.3 is 0 Å². The van der Waals surface area contributed by atoms with E-state index in [9.17, 15) is 9.59 Å². The van der Waals surface area contributed by atoms with E-state index < -0.39 is 5.25 Å². The molecular weight excluding hydrogens is 386 g/mol. The molecule has 29 heavy (non-hydrogen) atoms. The van der Waals surface area contributed by atoms with Gasteiger partial charge < -0.3 is 10.1 Å². The summed E-state index contributed by atoms with van der Waals surface area (Å²) in [5, 5.41) is 3.60. The van der Waals surface area contributed by atoms with Gasteiger partial charge in [-0.05, 0) is 44.5 Å². The van der Waals surface area contributed by atoms with Gasteiger partial charge in [-0.15, -0.1) is 0 Å². The molecule has 2 aromatic carbocycles. The number of anilines is 1. The molecule has 0 fully saturated rings. The van der Waals surface area contributed by atoms with Gasteiger partial charge in [-0.1, -0.05) is 42.1 Å². The van der Waals surface area contributed by atoms with Crippen molar-refractivity contribution < 1.29 is 9.53 Å². The maximum atomic E-state index is 13.0. The van der Waals surface area contributed by atoms with Crippen LogP contribution in [0.5, 0.6) is 0 Å². The Hall–Kier alpha value is -2.64. The predicted molar refractivity (Wildman–Crippen MR) is 118 cm³/mol. The Morgan fingerprint density at radius 2 is 1.90 bits per heavy atom. The van der Waals surface area contributed by atoms with E-state index in [0.29, 0.717) is 42.2 Å². The van der Waals surface area contributed by atoms with Crippen LogP contribution in [-0.2, 0) is 16.1 Å². The molecule has 3 aromatic rings. The molecule has 152 valence electrons. The number of hydrogen-bond donors (Lipinski definition) is 1. The summed E-state index contributed by atoms with van der Waals surface area (Å²) in [6, 6.07) is 16.6. The van der Waals surface area contributed by atoms with Gasteiger partial charge in [-0.2, -0.15) is 0 Å². The second kappa shape index (κ2) is 10.2. The number of rotatable bonds is 9. The quantitative estimate of drug-likeness (QED) is 0.328. The van der Waals surface area contributed by atoms with E-state index in [4.69, 9.17) is 4.74 Å². The number of nitrogens with one attached hydrogen (secondary N) is 1. The van der Waals surface area contributed by atoms with Gasteiger partial charge in [0.25, 0.3) is 5.56 Å². The van der Waals surface area contributed by atoms with Crippen LogP contribution < -0.4 is 10.9 Å². The lowest BCUT2D eigenvalue weighted by Crippen LogP contribution is -2.27. The number of fused-ring (bicyclic) bond motifs is 1. The molecule has 6 nitrogen and oxygen atoms in total. The van der Waals surface area contributed by atoms with E-state index in [-0.39, 0.29) is 11.5 Å². The zero-order valence-electron chi connectivity index (χ0n) is 16.6. The van der Waals surface area contributed by atoms with E-state index >= 15 is 0 Å². The second-order valence-electron chi connectivity index (χ2n) is 6.53. The van der Waals surface area contributed by atoms with Crippen LogP contribution in [0.15, 0.2) is 64.5 Å². The highest BCUT2D eigenvalue weighted by molar-refractivity contribution is 8.00. The van der Waals surface area contributed by atoms with Crippen LogP contribution in [0.3, 0.4) is 0 Å². The summed E-state index contributed by atoms with van der Waals surface area (Å²) in [5.74, 6) is -0.135. The number of ether oxygens (including phenoxy) is 1. The summed E-state index contributed by atoms with van der Waals surface area (Å²) in [6.45, 7) is 5.46. The highest BCUT2D eigenvalue weighted by Gasteiger charge is 2.19. The smallest absolute Gasteiger partial charge is 0.262 e. The lowest BCUT2D eigenvalue weighted by molar-refractivity contribution is -0.115. The monoisotopic (exact) mass is 411 g/mol. The molecule has 1 atom stereocenters. The van der Waals surface area contributed by atoms with Crippen LogP contribution in [-0.4, -0.2) is 33.9 Å². The lowest BCUT2D eigenvalue weighted by Gasteiger charge is -2.16. The molecule has 0 aliphatic carbocycles.